The van der Waals surface area contributed by atoms with Crippen LogP contribution in [0.25, 0.3) is 0 Å². The van der Waals surface area contributed by atoms with E-state index >= 15 is 0 Å². The van der Waals surface area contributed by atoms with Crippen LogP contribution < -0.4 is 10.2 Å². The van der Waals surface area contributed by atoms with Crippen LogP contribution in [0.4, 0.5) is 5.13 Å². The van der Waals surface area contributed by atoms with E-state index in [-0.39, 0.29) is 0 Å². The molecular weight excluding hydrogens is 242 g/mol. The van der Waals surface area contributed by atoms with Gasteiger partial charge >= 0.3 is 0 Å². The fourth-order valence-electron chi connectivity index (χ4n) is 2.06. The molecule has 3 nitrogen and oxygen atoms in total. The second kappa shape index (κ2) is 7.10. The van der Waals surface area contributed by atoms with Gasteiger partial charge in [-0.25, -0.2) is 4.98 Å². The van der Waals surface area contributed by atoms with E-state index in [1.54, 1.807) is 11.3 Å². The first-order valence-corrected chi connectivity index (χ1v) is 8.11. The van der Waals surface area contributed by atoms with E-state index < -0.39 is 0 Å². The minimum atomic E-state index is 0.910. The maximum atomic E-state index is 4.76. The van der Waals surface area contributed by atoms with E-state index in [1.807, 2.05) is 0 Å². The van der Waals surface area contributed by atoms with Crippen molar-refractivity contribution in [3.05, 3.63) is 11.1 Å². The third kappa shape index (κ3) is 4.25. The molecule has 0 unspecified atom stereocenters. The molecule has 1 N–H and O–H groups in total. The van der Waals surface area contributed by atoms with E-state index in [4.69, 9.17) is 4.98 Å². The second-order valence-corrected chi connectivity index (χ2v) is 6.02. The van der Waals surface area contributed by atoms with Gasteiger partial charge in [-0.15, -0.1) is 11.3 Å². The maximum Gasteiger partial charge on any atom is 0.185 e. The largest absolute Gasteiger partial charge is 0.348 e. The Morgan fingerprint density at radius 2 is 2.22 bits per heavy atom. The number of aromatic nitrogens is 1. The average molecular weight is 267 g/mol. The third-order valence-corrected chi connectivity index (χ3v) is 4.16. The number of anilines is 1. The third-order valence-electron chi connectivity index (χ3n) is 3.21. The fourth-order valence-corrected chi connectivity index (χ4v) is 2.93. The molecule has 1 aromatic rings. The Bertz CT molecular complexity index is 347. The predicted molar refractivity (Wildman–Crippen MR) is 79.3 cm³/mol. The molecule has 0 radical (unpaired) electrons. The minimum Gasteiger partial charge on any atom is -0.348 e. The zero-order valence-corrected chi connectivity index (χ0v) is 12.4. The van der Waals surface area contributed by atoms with Crippen molar-refractivity contribution in [2.75, 3.05) is 24.5 Å². The summed E-state index contributed by atoms with van der Waals surface area (Å²) in [4.78, 5) is 7.24. The van der Waals surface area contributed by atoms with Crippen LogP contribution >= 0.6 is 11.3 Å². The molecule has 1 aliphatic carbocycles. The van der Waals surface area contributed by atoms with Crippen LogP contribution in [-0.2, 0) is 6.54 Å². The van der Waals surface area contributed by atoms with Crippen molar-refractivity contribution in [2.24, 2.45) is 5.92 Å². The Hall–Kier alpha value is -0.610. The van der Waals surface area contributed by atoms with Crippen molar-refractivity contribution in [2.45, 2.75) is 46.1 Å². The average Bonchev–Trinajstić information content (AvgIpc) is 3.06. The Morgan fingerprint density at radius 1 is 1.39 bits per heavy atom. The fraction of sp³-hybridized carbons (Fsp3) is 0.786. The smallest absolute Gasteiger partial charge is 0.185 e. The summed E-state index contributed by atoms with van der Waals surface area (Å²) >= 11 is 1.80. The maximum absolute atomic E-state index is 4.76. The van der Waals surface area contributed by atoms with Crippen LogP contribution in [0.1, 0.15) is 45.2 Å². The zero-order valence-electron chi connectivity index (χ0n) is 11.6. The van der Waals surface area contributed by atoms with Crippen LogP contribution in [0.3, 0.4) is 0 Å². The SMILES string of the molecule is CCCNCc1csc(N(CCC)CC2CC2)n1. The highest BCUT2D eigenvalue weighted by Crippen LogP contribution is 2.32. The lowest BCUT2D eigenvalue weighted by molar-refractivity contribution is 0.662. The van der Waals surface area contributed by atoms with E-state index in [2.05, 4.69) is 29.4 Å². The van der Waals surface area contributed by atoms with Crippen molar-refractivity contribution < 1.29 is 0 Å². The van der Waals surface area contributed by atoms with Gasteiger partial charge < -0.3 is 10.2 Å². The van der Waals surface area contributed by atoms with Gasteiger partial charge in [0.2, 0.25) is 0 Å². The molecule has 4 heteroatoms. The van der Waals surface area contributed by atoms with Crippen LogP contribution in [0.15, 0.2) is 5.38 Å². The summed E-state index contributed by atoms with van der Waals surface area (Å²) in [5, 5.41) is 6.84. The molecule has 102 valence electrons. The first-order chi connectivity index (χ1) is 8.83. The Labute approximate surface area is 115 Å². The summed E-state index contributed by atoms with van der Waals surface area (Å²) in [6.07, 6.45) is 5.21. The Kier molecular flexibility index (Phi) is 5.45. The zero-order chi connectivity index (χ0) is 12.8. The van der Waals surface area contributed by atoms with Gasteiger partial charge in [0.25, 0.3) is 0 Å². The van der Waals surface area contributed by atoms with E-state index in [0.717, 1.165) is 25.6 Å². The molecule has 0 bridgehead atoms. The van der Waals surface area contributed by atoms with Gasteiger partial charge in [0.1, 0.15) is 0 Å². The molecule has 0 spiro atoms. The summed E-state index contributed by atoms with van der Waals surface area (Å²) in [7, 11) is 0. The summed E-state index contributed by atoms with van der Waals surface area (Å²) in [5.74, 6) is 0.933. The highest BCUT2D eigenvalue weighted by Gasteiger charge is 2.25. The Balaban J connectivity index is 1.88. The summed E-state index contributed by atoms with van der Waals surface area (Å²) < 4.78 is 0. The highest BCUT2D eigenvalue weighted by atomic mass is 32.1. The lowest BCUT2D eigenvalue weighted by atomic mass is 10.3. The number of rotatable bonds is 9. The summed E-state index contributed by atoms with van der Waals surface area (Å²) in [5.41, 5.74) is 1.19. The number of thiazole rings is 1. The molecule has 18 heavy (non-hydrogen) atoms. The Morgan fingerprint density at radius 3 is 2.89 bits per heavy atom. The number of hydrogen-bond acceptors (Lipinski definition) is 4. The molecule has 0 atom stereocenters. The minimum absolute atomic E-state index is 0.910. The van der Waals surface area contributed by atoms with E-state index in [0.29, 0.717) is 0 Å². The lowest BCUT2D eigenvalue weighted by Gasteiger charge is -2.20. The monoisotopic (exact) mass is 267 g/mol. The molecule has 0 amide bonds. The van der Waals surface area contributed by atoms with Crippen LogP contribution in [0, 0.1) is 5.92 Å². The van der Waals surface area contributed by atoms with Crippen LogP contribution in [0.2, 0.25) is 0 Å². The first-order valence-electron chi connectivity index (χ1n) is 7.23. The molecule has 0 saturated heterocycles. The van der Waals surface area contributed by atoms with Gasteiger partial charge in [-0.1, -0.05) is 13.8 Å². The van der Waals surface area contributed by atoms with E-state index in [1.165, 1.54) is 43.1 Å². The molecule has 1 saturated carbocycles. The molecule has 0 aliphatic heterocycles. The van der Waals surface area contributed by atoms with Crippen molar-refractivity contribution in [3.8, 4) is 0 Å². The molecular formula is C14H25N3S. The number of nitrogens with one attached hydrogen (secondary N) is 1. The predicted octanol–water partition coefficient (Wildman–Crippen LogP) is 3.27. The van der Waals surface area contributed by atoms with Gasteiger partial charge in [-0.05, 0) is 38.1 Å². The van der Waals surface area contributed by atoms with Crippen LogP contribution in [-0.4, -0.2) is 24.6 Å². The normalized spacial score (nSPS) is 15.0. The van der Waals surface area contributed by atoms with Gasteiger partial charge in [-0.2, -0.15) is 0 Å². The van der Waals surface area contributed by atoms with Gasteiger partial charge in [0, 0.05) is 25.0 Å². The lowest BCUT2D eigenvalue weighted by Crippen LogP contribution is -2.26. The van der Waals surface area contributed by atoms with Crippen LogP contribution in [0.5, 0.6) is 0 Å². The van der Waals surface area contributed by atoms with Gasteiger partial charge in [-0.3, -0.25) is 0 Å². The number of nitrogens with zero attached hydrogens (tertiary/aromatic N) is 2. The van der Waals surface area contributed by atoms with Crippen molar-refractivity contribution in [1.29, 1.82) is 0 Å². The topological polar surface area (TPSA) is 28.2 Å². The second-order valence-electron chi connectivity index (χ2n) is 5.19. The van der Waals surface area contributed by atoms with Gasteiger partial charge in [0.05, 0.1) is 5.69 Å². The van der Waals surface area contributed by atoms with E-state index in [9.17, 15) is 0 Å². The quantitative estimate of drug-likeness (QED) is 0.696. The standard InChI is InChI=1S/C14H25N3S/c1-3-7-15-9-13-11-18-14(16-13)17(8-4-2)10-12-5-6-12/h11-12,15H,3-10H2,1-2H3. The van der Waals surface area contributed by atoms with Gasteiger partial charge in [0.15, 0.2) is 5.13 Å². The molecule has 2 rings (SSSR count). The van der Waals surface area contributed by atoms with Crippen molar-refractivity contribution >= 4 is 16.5 Å². The van der Waals surface area contributed by atoms with Crippen molar-refractivity contribution in [3.63, 3.8) is 0 Å². The molecule has 1 heterocycles. The van der Waals surface area contributed by atoms with Crippen molar-refractivity contribution in [1.82, 2.24) is 10.3 Å². The molecule has 0 aromatic carbocycles. The number of hydrogen-bond donors (Lipinski definition) is 1. The summed E-state index contributed by atoms with van der Waals surface area (Å²) in [6.45, 7) is 8.78. The molecule has 1 aromatic heterocycles. The summed E-state index contributed by atoms with van der Waals surface area (Å²) in [6, 6.07) is 0. The molecule has 1 fully saturated rings. The first kappa shape index (κ1) is 13.8. The molecule has 1 aliphatic rings. The highest BCUT2D eigenvalue weighted by molar-refractivity contribution is 7.13.